The zero-order chi connectivity index (χ0) is 25.6. The Morgan fingerprint density at radius 2 is 1.86 bits per heavy atom. The maximum atomic E-state index is 12.9. The summed E-state index contributed by atoms with van der Waals surface area (Å²) < 4.78 is 29.6. The number of urea groups is 1. The van der Waals surface area contributed by atoms with E-state index in [4.69, 9.17) is 0 Å². The minimum absolute atomic E-state index is 0.0289. The number of nitrogens with zero attached hydrogens (tertiary/aromatic N) is 2. The van der Waals surface area contributed by atoms with Crippen LogP contribution in [0.4, 0.5) is 4.79 Å². The van der Waals surface area contributed by atoms with Crippen LogP contribution in [0.3, 0.4) is 0 Å². The highest BCUT2D eigenvalue weighted by Crippen LogP contribution is 2.34. The van der Waals surface area contributed by atoms with Crippen LogP contribution < -0.4 is 10.0 Å². The lowest BCUT2D eigenvalue weighted by molar-refractivity contribution is -0.128. The van der Waals surface area contributed by atoms with Gasteiger partial charge in [-0.3, -0.25) is 0 Å². The number of carbonyl (C=O) groups is 2. The van der Waals surface area contributed by atoms with E-state index in [0.717, 1.165) is 12.0 Å². The van der Waals surface area contributed by atoms with Gasteiger partial charge in [0.25, 0.3) is 10.0 Å². The zero-order valence-corrected chi connectivity index (χ0v) is 21.2. The first-order valence-electron chi connectivity index (χ1n) is 10.9. The van der Waals surface area contributed by atoms with Gasteiger partial charge in [-0.25, -0.2) is 27.1 Å². The predicted molar refractivity (Wildman–Crippen MR) is 140 cm³/mol. The average Bonchev–Trinajstić information content (AvgIpc) is 3.12. The highest BCUT2D eigenvalue weighted by atomic mass is 32.2. The van der Waals surface area contributed by atoms with Gasteiger partial charge in [-0.15, -0.1) is 6.58 Å². The monoisotopic (exact) mass is 516 g/mol. The number of carbonyl (C=O) groups excluding carboxylic acids is 1. The summed E-state index contributed by atoms with van der Waals surface area (Å²) in [6.45, 7) is 8.00. The van der Waals surface area contributed by atoms with Crippen LogP contribution in [0.15, 0.2) is 71.2 Å². The summed E-state index contributed by atoms with van der Waals surface area (Å²) in [5, 5.41) is 16.5. The first-order chi connectivity index (χ1) is 16.7. The van der Waals surface area contributed by atoms with Crippen LogP contribution in [0.5, 0.6) is 0 Å². The molecule has 0 fully saturated rings. The molecule has 3 N–H and O–H groups in total. The molecule has 35 heavy (non-hydrogen) atoms. The molecule has 0 saturated carbocycles. The second-order valence-corrected chi connectivity index (χ2v) is 11.2. The van der Waals surface area contributed by atoms with E-state index in [0.29, 0.717) is 34.0 Å². The van der Waals surface area contributed by atoms with Gasteiger partial charge < -0.3 is 10.4 Å². The summed E-state index contributed by atoms with van der Waals surface area (Å²) in [5.74, 6) is -0.484. The third kappa shape index (κ3) is 6.17. The van der Waals surface area contributed by atoms with Gasteiger partial charge in [0, 0.05) is 24.4 Å². The Bertz CT molecular complexity index is 1300. The van der Waals surface area contributed by atoms with Crippen molar-refractivity contribution in [2.24, 2.45) is 5.10 Å². The van der Waals surface area contributed by atoms with Gasteiger partial charge in [0.05, 0.1) is 10.6 Å². The number of nitrogens with one attached hydrogen (secondary N) is 2. The van der Waals surface area contributed by atoms with Crippen molar-refractivity contribution in [3.63, 3.8) is 0 Å². The molecule has 2 aromatic rings. The molecular formula is C24H28N4O5S2. The molecule has 1 heterocycles. The van der Waals surface area contributed by atoms with Crippen molar-refractivity contribution in [2.45, 2.75) is 30.9 Å². The Hall–Kier alpha value is -3.44. The second kappa shape index (κ2) is 11.3. The van der Waals surface area contributed by atoms with Crippen LogP contribution in [0, 0.1) is 0 Å². The van der Waals surface area contributed by atoms with Gasteiger partial charge in [-0.1, -0.05) is 66.1 Å². The van der Waals surface area contributed by atoms with E-state index in [1.165, 1.54) is 12.1 Å². The van der Waals surface area contributed by atoms with Crippen molar-refractivity contribution >= 4 is 43.3 Å². The van der Waals surface area contributed by atoms with Crippen molar-refractivity contribution in [3.8, 4) is 11.1 Å². The molecule has 1 atom stereocenters. The van der Waals surface area contributed by atoms with E-state index in [1.54, 1.807) is 37.3 Å². The maximum absolute atomic E-state index is 12.9. The Balaban J connectivity index is 1.88. The molecule has 0 aromatic heterocycles. The Labute approximate surface area is 207 Å². The van der Waals surface area contributed by atoms with Crippen LogP contribution >= 0.6 is 10.7 Å². The van der Waals surface area contributed by atoms with Crippen molar-refractivity contribution in [2.75, 3.05) is 13.1 Å². The van der Waals surface area contributed by atoms with E-state index in [-0.39, 0.29) is 11.4 Å². The smallest absolute Gasteiger partial charge is 0.345 e. The third-order valence-electron chi connectivity index (χ3n) is 5.07. The minimum atomic E-state index is -4.12. The van der Waals surface area contributed by atoms with Gasteiger partial charge in [0.2, 0.25) is 0 Å². The van der Waals surface area contributed by atoms with Crippen LogP contribution in [0.1, 0.15) is 25.8 Å². The number of hydrogen-bond acceptors (Lipinski definition) is 6. The van der Waals surface area contributed by atoms with Crippen LogP contribution in [-0.4, -0.2) is 53.6 Å². The number of carboxylic acids is 1. The van der Waals surface area contributed by atoms with Crippen molar-refractivity contribution in [1.29, 1.82) is 0 Å². The fourth-order valence-corrected chi connectivity index (χ4v) is 6.93. The topological polar surface area (TPSA) is 128 Å². The summed E-state index contributed by atoms with van der Waals surface area (Å²) in [7, 11) is -4.82. The molecule has 9 nitrogen and oxygen atoms in total. The molecule has 1 aliphatic heterocycles. The Kier molecular flexibility index (Phi) is 8.47. The van der Waals surface area contributed by atoms with Gasteiger partial charge >= 0.3 is 12.0 Å². The standard InChI is InChI=1S/C24H28N4O5S2/c1-4-14-25-24(31)27-35(32,33)21-9-7-6-8-20(21)19-12-10-18(11-13-19)16-34-22(23(29)30)17(3)26-28(34)15-5-2/h4,6-13H,1,5,14-16H2,2-3H3,(H,29,30)(H2,25,27,31). The lowest BCUT2D eigenvalue weighted by atomic mass is 10.0. The number of aliphatic carboxylic acids is 1. The quantitative estimate of drug-likeness (QED) is 0.327. The van der Waals surface area contributed by atoms with Crippen molar-refractivity contribution < 1.29 is 23.1 Å². The predicted octanol–water partition coefficient (Wildman–Crippen LogP) is 3.57. The number of rotatable bonds is 10. The number of sulfonamides is 1. The minimum Gasteiger partial charge on any atom is -0.477 e. The number of carboxylic acid groups (broad SMARTS) is 1. The number of amides is 2. The summed E-state index contributed by atoms with van der Waals surface area (Å²) in [5.41, 5.74) is 2.52. The van der Waals surface area contributed by atoms with E-state index in [2.05, 4.69) is 17.0 Å². The molecule has 0 bridgehead atoms. The van der Waals surface area contributed by atoms with Crippen molar-refractivity contribution in [1.82, 2.24) is 14.5 Å². The Morgan fingerprint density at radius 3 is 2.49 bits per heavy atom. The van der Waals surface area contributed by atoms with Crippen LogP contribution in [-0.2, 0) is 20.6 Å². The van der Waals surface area contributed by atoms with Crippen LogP contribution in [0.2, 0.25) is 0 Å². The maximum Gasteiger partial charge on any atom is 0.345 e. The van der Waals surface area contributed by atoms with E-state index >= 15 is 0 Å². The normalized spacial score (nSPS) is 15.5. The molecular weight excluding hydrogens is 488 g/mol. The van der Waals surface area contributed by atoms with Gasteiger partial charge in [0.1, 0.15) is 4.86 Å². The highest BCUT2D eigenvalue weighted by Gasteiger charge is 2.27. The SMILES string of the molecule is C=CCNC(=O)NS(=O)(=O)c1ccccc1-c1ccc(CS2=C(C(=O)O)C(C)=NN2CCC)cc1. The van der Waals surface area contributed by atoms with Gasteiger partial charge in [0.15, 0.2) is 0 Å². The number of benzene rings is 2. The lowest BCUT2D eigenvalue weighted by Crippen LogP contribution is -2.39. The highest BCUT2D eigenvalue weighted by molar-refractivity contribution is 8.15. The molecule has 186 valence electrons. The first-order valence-corrected chi connectivity index (χ1v) is 13.8. The fourth-order valence-electron chi connectivity index (χ4n) is 3.55. The molecule has 2 aromatic carbocycles. The molecule has 0 aliphatic carbocycles. The molecule has 0 spiro atoms. The number of hydrogen-bond donors (Lipinski definition) is 3. The summed E-state index contributed by atoms with van der Waals surface area (Å²) in [6, 6.07) is 12.9. The fraction of sp³-hybridized carbons (Fsp3) is 0.250. The molecule has 0 saturated heterocycles. The van der Waals surface area contributed by atoms with Gasteiger partial charge in [-0.05, 0) is 30.5 Å². The second-order valence-electron chi connectivity index (χ2n) is 7.70. The zero-order valence-electron chi connectivity index (χ0n) is 19.5. The lowest BCUT2D eigenvalue weighted by Gasteiger charge is -2.20. The molecule has 1 aliphatic rings. The van der Waals surface area contributed by atoms with Crippen molar-refractivity contribution in [3.05, 3.63) is 66.7 Å². The molecule has 11 heteroatoms. The molecule has 0 radical (unpaired) electrons. The summed E-state index contributed by atoms with van der Waals surface area (Å²) in [4.78, 5) is 24.0. The Morgan fingerprint density at radius 1 is 1.17 bits per heavy atom. The van der Waals surface area contributed by atoms with E-state index < -0.39 is 32.7 Å². The van der Waals surface area contributed by atoms with E-state index in [9.17, 15) is 23.1 Å². The average molecular weight is 517 g/mol. The first kappa shape index (κ1) is 26.2. The largest absolute Gasteiger partial charge is 0.477 e. The summed E-state index contributed by atoms with van der Waals surface area (Å²) in [6.07, 6.45) is 2.29. The van der Waals surface area contributed by atoms with Crippen LogP contribution in [0.25, 0.3) is 11.1 Å². The van der Waals surface area contributed by atoms with E-state index in [1.807, 2.05) is 28.2 Å². The molecule has 3 rings (SSSR count). The summed E-state index contributed by atoms with van der Waals surface area (Å²) >= 11 is 0. The molecule has 1 unspecified atom stereocenters. The molecule has 2 amide bonds. The number of hydrazone groups is 1. The van der Waals surface area contributed by atoms with Gasteiger partial charge in [-0.2, -0.15) is 5.10 Å². The third-order valence-corrected chi connectivity index (χ3v) is 8.78.